The van der Waals surface area contributed by atoms with Gasteiger partial charge in [-0.25, -0.2) is 4.98 Å². The molecule has 1 N–H and O–H groups in total. The van der Waals surface area contributed by atoms with Gasteiger partial charge in [-0.1, -0.05) is 18.2 Å². The molecule has 1 fully saturated rings. The molecule has 0 radical (unpaired) electrons. The fourth-order valence-electron chi connectivity index (χ4n) is 4.05. The summed E-state index contributed by atoms with van der Waals surface area (Å²) in [5, 5.41) is 2.77. The van der Waals surface area contributed by atoms with E-state index in [1.54, 1.807) is 25.5 Å². The first-order valence-corrected chi connectivity index (χ1v) is 10.0. The van der Waals surface area contributed by atoms with Gasteiger partial charge >= 0.3 is 0 Å². The van der Waals surface area contributed by atoms with Crippen LogP contribution < -0.4 is 10.1 Å². The standard InChI is InChI=1S/C23H25N3O3/c1-29-20-5-3-2-4-19(20)17-10-12-26(13-11-17)22(28)9-6-16-14-18-7-8-21(27)25-23(18)24-15-16/h2-6,9,14-15,17H,7-8,10-13H2,1H3,(H,24,25,27)/b9-6+. The summed E-state index contributed by atoms with van der Waals surface area (Å²) in [6, 6.07) is 10.1. The van der Waals surface area contributed by atoms with Gasteiger partial charge in [0.05, 0.1) is 7.11 Å². The van der Waals surface area contributed by atoms with Crippen LogP contribution in [0.5, 0.6) is 5.75 Å². The number of benzene rings is 1. The Hall–Kier alpha value is -3.15. The van der Waals surface area contributed by atoms with Crippen molar-refractivity contribution in [3.8, 4) is 5.75 Å². The number of pyridine rings is 1. The lowest BCUT2D eigenvalue weighted by Crippen LogP contribution is -2.36. The lowest BCUT2D eigenvalue weighted by molar-refractivity contribution is -0.127. The summed E-state index contributed by atoms with van der Waals surface area (Å²) < 4.78 is 5.49. The first-order chi connectivity index (χ1) is 14.1. The van der Waals surface area contributed by atoms with Gasteiger partial charge in [-0.15, -0.1) is 0 Å². The Labute approximate surface area is 170 Å². The lowest BCUT2D eigenvalue weighted by Gasteiger charge is -2.32. The highest BCUT2D eigenvalue weighted by molar-refractivity contribution is 5.93. The number of carbonyl (C=O) groups excluding carboxylic acids is 2. The number of amides is 2. The molecular weight excluding hydrogens is 366 g/mol. The zero-order chi connectivity index (χ0) is 20.2. The molecule has 2 aliphatic heterocycles. The van der Waals surface area contributed by atoms with E-state index in [9.17, 15) is 9.59 Å². The third-order valence-electron chi connectivity index (χ3n) is 5.67. The van der Waals surface area contributed by atoms with Gasteiger partial charge in [-0.2, -0.15) is 0 Å². The van der Waals surface area contributed by atoms with E-state index in [4.69, 9.17) is 4.74 Å². The molecule has 0 spiro atoms. The van der Waals surface area contributed by atoms with Gasteiger partial charge in [-0.05, 0) is 60.1 Å². The van der Waals surface area contributed by atoms with Crippen LogP contribution in [0.25, 0.3) is 6.08 Å². The second kappa shape index (κ2) is 8.47. The summed E-state index contributed by atoms with van der Waals surface area (Å²) in [5.74, 6) is 1.99. The summed E-state index contributed by atoms with van der Waals surface area (Å²) in [7, 11) is 1.70. The summed E-state index contributed by atoms with van der Waals surface area (Å²) in [6.07, 6.45) is 8.12. The zero-order valence-corrected chi connectivity index (χ0v) is 16.6. The van der Waals surface area contributed by atoms with Crippen LogP contribution in [0.3, 0.4) is 0 Å². The molecule has 2 aromatic rings. The highest BCUT2D eigenvalue weighted by Crippen LogP contribution is 2.34. The molecule has 4 rings (SSSR count). The molecule has 1 saturated heterocycles. The van der Waals surface area contributed by atoms with Crippen LogP contribution in [-0.4, -0.2) is 41.9 Å². The molecule has 150 valence electrons. The number of hydrogen-bond donors (Lipinski definition) is 1. The van der Waals surface area contributed by atoms with Crippen molar-refractivity contribution < 1.29 is 14.3 Å². The van der Waals surface area contributed by atoms with Crippen LogP contribution in [0.2, 0.25) is 0 Å². The number of methoxy groups -OCH3 is 1. The number of ether oxygens (including phenoxy) is 1. The smallest absolute Gasteiger partial charge is 0.246 e. The van der Waals surface area contributed by atoms with Crippen molar-refractivity contribution in [2.45, 2.75) is 31.6 Å². The van der Waals surface area contributed by atoms with Crippen LogP contribution >= 0.6 is 0 Å². The lowest BCUT2D eigenvalue weighted by atomic mass is 9.89. The van der Waals surface area contributed by atoms with E-state index in [0.717, 1.165) is 42.8 Å². The topological polar surface area (TPSA) is 71.5 Å². The van der Waals surface area contributed by atoms with Crippen molar-refractivity contribution in [2.75, 3.05) is 25.5 Å². The number of anilines is 1. The molecular formula is C23H25N3O3. The molecule has 6 nitrogen and oxygen atoms in total. The highest BCUT2D eigenvalue weighted by Gasteiger charge is 2.24. The van der Waals surface area contributed by atoms with E-state index >= 15 is 0 Å². The van der Waals surface area contributed by atoms with Crippen molar-refractivity contribution >= 4 is 23.7 Å². The van der Waals surface area contributed by atoms with Gasteiger partial charge in [0, 0.05) is 31.8 Å². The van der Waals surface area contributed by atoms with Crippen LogP contribution in [0.15, 0.2) is 42.6 Å². The first kappa shape index (κ1) is 19.2. The van der Waals surface area contributed by atoms with Crippen LogP contribution in [0.1, 0.15) is 41.9 Å². The number of fused-ring (bicyclic) bond motifs is 1. The Balaban J connectivity index is 1.36. The average molecular weight is 391 g/mol. The van der Waals surface area contributed by atoms with E-state index in [1.807, 2.05) is 29.2 Å². The molecule has 2 amide bonds. The van der Waals surface area contributed by atoms with Crippen molar-refractivity contribution in [2.24, 2.45) is 0 Å². The molecule has 0 atom stereocenters. The fraction of sp³-hybridized carbons (Fsp3) is 0.348. The zero-order valence-electron chi connectivity index (χ0n) is 16.6. The quantitative estimate of drug-likeness (QED) is 0.811. The molecule has 0 bridgehead atoms. The first-order valence-electron chi connectivity index (χ1n) is 10.0. The van der Waals surface area contributed by atoms with Crippen molar-refractivity contribution in [3.05, 3.63) is 59.3 Å². The predicted molar refractivity (Wildman–Crippen MR) is 112 cm³/mol. The number of carbonyl (C=O) groups is 2. The van der Waals surface area contributed by atoms with Crippen LogP contribution in [0.4, 0.5) is 5.82 Å². The Morgan fingerprint density at radius 2 is 2.03 bits per heavy atom. The van der Waals surface area contributed by atoms with Crippen molar-refractivity contribution in [1.29, 1.82) is 0 Å². The Morgan fingerprint density at radius 1 is 1.24 bits per heavy atom. The largest absolute Gasteiger partial charge is 0.496 e. The molecule has 0 saturated carbocycles. The summed E-state index contributed by atoms with van der Waals surface area (Å²) >= 11 is 0. The van der Waals surface area contributed by atoms with E-state index in [1.165, 1.54) is 5.56 Å². The Bertz CT molecular complexity index is 946. The van der Waals surface area contributed by atoms with Gasteiger partial charge in [0.2, 0.25) is 11.8 Å². The number of para-hydroxylation sites is 1. The molecule has 3 heterocycles. The normalized spacial score (nSPS) is 17.1. The van der Waals surface area contributed by atoms with E-state index in [2.05, 4.69) is 16.4 Å². The minimum atomic E-state index is -0.00000443. The van der Waals surface area contributed by atoms with Crippen molar-refractivity contribution in [1.82, 2.24) is 9.88 Å². The molecule has 0 unspecified atom stereocenters. The predicted octanol–water partition coefficient (Wildman–Crippen LogP) is 3.39. The number of hydrogen-bond acceptors (Lipinski definition) is 4. The second-order valence-corrected chi connectivity index (χ2v) is 7.50. The van der Waals surface area contributed by atoms with E-state index < -0.39 is 0 Å². The molecule has 1 aromatic heterocycles. The molecule has 29 heavy (non-hydrogen) atoms. The van der Waals surface area contributed by atoms with Gasteiger partial charge < -0.3 is 15.0 Å². The van der Waals surface area contributed by atoms with Crippen LogP contribution in [0, 0.1) is 0 Å². The molecule has 1 aromatic carbocycles. The second-order valence-electron chi connectivity index (χ2n) is 7.50. The SMILES string of the molecule is COc1ccccc1C1CCN(C(=O)/C=C/c2cnc3c(c2)CCC(=O)N3)CC1. The summed E-state index contributed by atoms with van der Waals surface area (Å²) in [6.45, 7) is 1.47. The number of nitrogens with one attached hydrogen (secondary N) is 1. The number of nitrogens with zero attached hydrogens (tertiary/aromatic N) is 2. The van der Waals surface area contributed by atoms with Crippen LogP contribution in [-0.2, 0) is 16.0 Å². The minimum Gasteiger partial charge on any atom is -0.496 e. The minimum absolute atomic E-state index is 0.00000443. The molecule has 6 heteroatoms. The fourth-order valence-corrected chi connectivity index (χ4v) is 4.05. The maximum atomic E-state index is 12.6. The third kappa shape index (κ3) is 4.31. The Morgan fingerprint density at radius 3 is 2.83 bits per heavy atom. The van der Waals surface area contributed by atoms with Gasteiger partial charge in [0.25, 0.3) is 0 Å². The highest BCUT2D eigenvalue weighted by atomic mass is 16.5. The van der Waals surface area contributed by atoms with Crippen molar-refractivity contribution in [3.63, 3.8) is 0 Å². The van der Waals surface area contributed by atoms with Gasteiger partial charge in [0.15, 0.2) is 0 Å². The maximum Gasteiger partial charge on any atom is 0.246 e. The number of piperidine rings is 1. The number of aromatic nitrogens is 1. The van der Waals surface area contributed by atoms with E-state index in [0.29, 0.717) is 24.6 Å². The van der Waals surface area contributed by atoms with E-state index in [-0.39, 0.29) is 11.8 Å². The summed E-state index contributed by atoms with van der Waals surface area (Å²) in [5.41, 5.74) is 3.11. The van der Waals surface area contributed by atoms with Gasteiger partial charge in [-0.3, -0.25) is 9.59 Å². The molecule has 0 aliphatic carbocycles. The third-order valence-corrected chi connectivity index (χ3v) is 5.67. The maximum absolute atomic E-state index is 12.6. The van der Waals surface area contributed by atoms with Gasteiger partial charge in [0.1, 0.15) is 11.6 Å². The number of rotatable bonds is 4. The average Bonchev–Trinajstić information content (AvgIpc) is 2.77. The summed E-state index contributed by atoms with van der Waals surface area (Å²) in [4.78, 5) is 30.2. The number of likely N-dealkylation sites (tertiary alicyclic amines) is 1. The monoisotopic (exact) mass is 391 g/mol. The number of aryl methyl sites for hydroxylation is 1. The Kier molecular flexibility index (Phi) is 5.60. The molecule has 2 aliphatic rings.